The molecule has 0 amide bonds. The zero-order valence-corrected chi connectivity index (χ0v) is 15.7. The quantitative estimate of drug-likeness (QED) is 0.752. The van der Waals surface area contributed by atoms with Crippen molar-refractivity contribution in [1.29, 1.82) is 0 Å². The summed E-state index contributed by atoms with van der Waals surface area (Å²) < 4.78 is 12.2. The Hall–Kier alpha value is -1.04. The largest absolute Gasteiger partial charge is 0.494 e. The van der Waals surface area contributed by atoms with Crippen molar-refractivity contribution in [2.45, 2.75) is 45.8 Å². The van der Waals surface area contributed by atoms with Gasteiger partial charge in [0, 0.05) is 25.3 Å². The number of nitrogens with zero attached hydrogens (tertiary/aromatic N) is 2. The van der Waals surface area contributed by atoms with Crippen LogP contribution in [0.5, 0.6) is 0 Å². The molecule has 1 fully saturated rings. The van der Waals surface area contributed by atoms with Crippen LogP contribution in [0.4, 0.5) is 5.69 Å². The van der Waals surface area contributed by atoms with Crippen molar-refractivity contribution in [1.82, 2.24) is 4.90 Å². The first-order valence-electron chi connectivity index (χ1n) is 8.51. The van der Waals surface area contributed by atoms with E-state index in [0.717, 1.165) is 25.1 Å². The van der Waals surface area contributed by atoms with Gasteiger partial charge < -0.3 is 19.1 Å². The van der Waals surface area contributed by atoms with Gasteiger partial charge in [-0.05, 0) is 66.3 Å². The van der Waals surface area contributed by atoms with E-state index in [1.165, 1.54) is 5.69 Å². The molecule has 1 aromatic rings. The third-order valence-corrected chi connectivity index (χ3v) is 4.98. The van der Waals surface area contributed by atoms with E-state index in [0.29, 0.717) is 0 Å². The summed E-state index contributed by atoms with van der Waals surface area (Å²) in [7, 11) is 3.93. The highest BCUT2D eigenvalue weighted by Gasteiger charge is 2.51. The van der Waals surface area contributed by atoms with E-state index >= 15 is 0 Å². The molecule has 5 heteroatoms. The number of likely N-dealkylation sites (N-methyl/N-ethyl adjacent to an activating group) is 2. The molecule has 1 aliphatic heterocycles. The van der Waals surface area contributed by atoms with Crippen LogP contribution in [-0.2, 0) is 9.31 Å². The first-order chi connectivity index (χ1) is 10.7. The molecule has 2 rings (SSSR count). The molecule has 1 aromatic carbocycles. The number of anilines is 1. The van der Waals surface area contributed by atoms with Gasteiger partial charge in [0.15, 0.2) is 0 Å². The highest BCUT2D eigenvalue weighted by atomic mass is 16.7. The molecule has 128 valence electrons. The molecule has 1 heterocycles. The van der Waals surface area contributed by atoms with Gasteiger partial charge in [0.25, 0.3) is 0 Å². The molecule has 0 bridgehead atoms. The Bertz CT molecular complexity index is 498. The Morgan fingerprint density at radius 3 is 1.87 bits per heavy atom. The van der Waals surface area contributed by atoms with E-state index in [-0.39, 0.29) is 18.3 Å². The lowest BCUT2D eigenvalue weighted by Crippen LogP contribution is -2.41. The predicted octanol–water partition coefficient (Wildman–Crippen LogP) is 2.37. The first kappa shape index (κ1) is 18.3. The molecular weight excluding hydrogens is 287 g/mol. The molecule has 0 aromatic heterocycles. The molecule has 1 saturated heterocycles. The van der Waals surface area contributed by atoms with Crippen LogP contribution in [0.15, 0.2) is 24.3 Å². The monoisotopic (exact) mass is 318 g/mol. The first-order valence-corrected chi connectivity index (χ1v) is 8.51. The smallest absolute Gasteiger partial charge is 0.399 e. The molecule has 0 aliphatic carbocycles. The maximum atomic E-state index is 6.11. The fourth-order valence-electron chi connectivity index (χ4n) is 2.61. The summed E-state index contributed by atoms with van der Waals surface area (Å²) in [5.41, 5.74) is 1.74. The van der Waals surface area contributed by atoms with E-state index in [2.05, 4.69) is 82.8 Å². The lowest BCUT2D eigenvalue weighted by atomic mass is 9.79. The zero-order valence-electron chi connectivity index (χ0n) is 15.7. The fraction of sp³-hybridized carbons (Fsp3) is 0.667. The summed E-state index contributed by atoms with van der Waals surface area (Å²) in [6.07, 6.45) is 0. The fourth-order valence-corrected chi connectivity index (χ4v) is 2.61. The van der Waals surface area contributed by atoms with Gasteiger partial charge in [-0.1, -0.05) is 12.1 Å². The van der Waals surface area contributed by atoms with Crippen LogP contribution >= 0.6 is 0 Å². The Kier molecular flexibility index (Phi) is 5.44. The summed E-state index contributed by atoms with van der Waals surface area (Å²) in [5, 5.41) is 0. The van der Waals surface area contributed by atoms with Gasteiger partial charge in [-0.15, -0.1) is 0 Å². The summed E-state index contributed by atoms with van der Waals surface area (Å²) in [5.74, 6) is 0. The van der Waals surface area contributed by atoms with Crippen LogP contribution in [0.25, 0.3) is 0 Å². The standard InChI is InChI=1S/C18H31BN2O2/c1-8-21(14-13-20(6)7)16-11-9-15(10-12-16)19-22-17(2,3)18(4,5)23-19/h9-12H,8,13-14H2,1-7H3. The molecule has 1 aliphatic rings. The molecule has 0 saturated carbocycles. The second kappa shape index (κ2) is 6.84. The SMILES string of the molecule is CCN(CCN(C)C)c1ccc(B2OC(C)(C)C(C)(C)O2)cc1. The average Bonchev–Trinajstić information content (AvgIpc) is 2.68. The van der Waals surface area contributed by atoms with E-state index in [9.17, 15) is 0 Å². The second-order valence-corrected chi connectivity index (χ2v) is 7.56. The molecule has 0 spiro atoms. The average molecular weight is 318 g/mol. The van der Waals surface area contributed by atoms with Gasteiger partial charge >= 0.3 is 7.12 Å². The molecule has 0 atom stereocenters. The van der Waals surface area contributed by atoms with Gasteiger partial charge in [0.05, 0.1) is 11.2 Å². The molecule has 0 N–H and O–H groups in total. The minimum absolute atomic E-state index is 0.286. The van der Waals surface area contributed by atoms with E-state index in [4.69, 9.17) is 9.31 Å². The maximum absolute atomic E-state index is 6.11. The van der Waals surface area contributed by atoms with Crippen molar-refractivity contribution in [2.75, 3.05) is 38.6 Å². The zero-order chi connectivity index (χ0) is 17.3. The van der Waals surface area contributed by atoms with Gasteiger partial charge in [0.2, 0.25) is 0 Å². The van der Waals surface area contributed by atoms with E-state index in [1.807, 2.05) is 0 Å². The topological polar surface area (TPSA) is 24.9 Å². The van der Waals surface area contributed by atoms with E-state index in [1.54, 1.807) is 0 Å². The van der Waals surface area contributed by atoms with Crippen LogP contribution in [-0.4, -0.2) is 57.0 Å². The highest BCUT2D eigenvalue weighted by Crippen LogP contribution is 2.36. The van der Waals surface area contributed by atoms with Crippen LogP contribution in [0, 0.1) is 0 Å². The molecular formula is C18H31BN2O2. The summed E-state index contributed by atoms with van der Waals surface area (Å²) in [6, 6.07) is 8.57. The van der Waals surface area contributed by atoms with Crippen LogP contribution in [0.2, 0.25) is 0 Å². The minimum Gasteiger partial charge on any atom is -0.399 e. The number of rotatable bonds is 6. The minimum atomic E-state index is -0.294. The van der Waals surface area contributed by atoms with Gasteiger partial charge in [-0.2, -0.15) is 0 Å². The lowest BCUT2D eigenvalue weighted by molar-refractivity contribution is 0.00578. The maximum Gasteiger partial charge on any atom is 0.494 e. The number of benzene rings is 1. The summed E-state index contributed by atoms with van der Waals surface area (Å²) in [6.45, 7) is 13.6. The third kappa shape index (κ3) is 4.08. The molecule has 0 radical (unpaired) electrons. The number of hydrogen-bond acceptors (Lipinski definition) is 4. The van der Waals surface area contributed by atoms with Gasteiger partial charge in [0.1, 0.15) is 0 Å². The van der Waals surface area contributed by atoms with Gasteiger partial charge in [-0.3, -0.25) is 0 Å². The van der Waals surface area contributed by atoms with Crippen molar-refractivity contribution in [3.05, 3.63) is 24.3 Å². The Morgan fingerprint density at radius 2 is 1.43 bits per heavy atom. The van der Waals surface area contributed by atoms with Crippen LogP contribution in [0.1, 0.15) is 34.6 Å². The van der Waals surface area contributed by atoms with Crippen molar-refractivity contribution in [3.63, 3.8) is 0 Å². The Balaban J connectivity index is 2.08. The van der Waals surface area contributed by atoms with E-state index < -0.39 is 0 Å². The van der Waals surface area contributed by atoms with Crippen molar-refractivity contribution in [2.24, 2.45) is 0 Å². The predicted molar refractivity (Wildman–Crippen MR) is 98.6 cm³/mol. The lowest BCUT2D eigenvalue weighted by Gasteiger charge is -2.32. The van der Waals surface area contributed by atoms with Crippen molar-refractivity contribution in [3.8, 4) is 0 Å². The second-order valence-electron chi connectivity index (χ2n) is 7.56. The Morgan fingerprint density at radius 1 is 0.913 bits per heavy atom. The molecule has 0 unspecified atom stereocenters. The highest BCUT2D eigenvalue weighted by molar-refractivity contribution is 6.62. The Labute approximate surface area is 141 Å². The summed E-state index contributed by atoms with van der Waals surface area (Å²) >= 11 is 0. The van der Waals surface area contributed by atoms with Crippen LogP contribution < -0.4 is 10.4 Å². The molecule has 4 nitrogen and oxygen atoms in total. The third-order valence-electron chi connectivity index (χ3n) is 4.98. The van der Waals surface area contributed by atoms with Crippen molar-refractivity contribution >= 4 is 18.3 Å². The number of hydrogen-bond donors (Lipinski definition) is 0. The molecule has 23 heavy (non-hydrogen) atoms. The van der Waals surface area contributed by atoms with Crippen LogP contribution in [0.3, 0.4) is 0 Å². The van der Waals surface area contributed by atoms with Crippen molar-refractivity contribution < 1.29 is 9.31 Å². The summed E-state index contributed by atoms with van der Waals surface area (Å²) in [4.78, 5) is 4.59. The normalized spacial score (nSPS) is 19.4. The van der Waals surface area contributed by atoms with Gasteiger partial charge in [-0.25, -0.2) is 0 Å².